The molecule has 0 radical (unpaired) electrons. The molecule has 110 valence electrons. The van der Waals surface area contributed by atoms with Crippen molar-refractivity contribution in [3.63, 3.8) is 0 Å². The van der Waals surface area contributed by atoms with Crippen molar-refractivity contribution in [1.82, 2.24) is 9.55 Å². The summed E-state index contributed by atoms with van der Waals surface area (Å²) in [5.74, 6) is 2.28. The normalized spacial score (nSPS) is 11.7. The van der Waals surface area contributed by atoms with Crippen LogP contribution in [0.2, 0.25) is 10.0 Å². The summed E-state index contributed by atoms with van der Waals surface area (Å²) in [5, 5.41) is 1.12. The molecule has 0 saturated heterocycles. The van der Waals surface area contributed by atoms with Crippen molar-refractivity contribution in [3.8, 4) is 0 Å². The Morgan fingerprint density at radius 3 is 2.55 bits per heavy atom. The Kier molecular flexibility index (Phi) is 5.59. The number of aromatic nitrogens is 2. The van der Waals surface area contributed by atoms with E-state index >= 15 is 0 Å². The van der Waals surface area contributed by atoms with Crippen LogP contribution >= 0.6 is 34.8 Å². The first-order chi connectivity index (χ1) is 9.52. The number of imidazole rings is 1. The summed E-state index contributed by atoms with van der Waals surface area (Å²) >= 11 is 18.1. The summed E-state index contributed by atoms with van der Waals surface area (Å²) in [5.41, 5.74) is 1.94. The van der Waals surface area contributed by atoms with Crippen molar-refractivity contribution in [2.24, 2.45) is 5.92 Å². The first-order valence-electron chi connectivity index (χ1n) is 6.93. The fourth-order valence-corrected chi connectivity index (χ4v) is 2.84. The third kappa shape index (κ3) is 3.60. The molecule has 0 aliphatic carbocycles. The molecule has 2 aromatic rings. The number of benzene rings is 1. The molecular formula is C15H19Cl3N2. The number of fused-ring (bicyclic) bond motifs is 1. The summed E-state index contributed by atoms with van der Waals surface area (Å²) in [6.45, 7) is 5.42. The van der Waals surface area contributed by atoms with Crippen molar-refractivity contribution >= 4 is 45.8 Å². The van der Waals surface area contributed by atoms with Gasteiger partial charge in [0.05, 0.1) is 21.1 Å². The van der Waals surface area contributed by atoms with Gasteiger partial charge in [-0.3, -0.25) is 0 Å². The predicted molar refractivity (Wildman–Crippen MR) is 88.2 cm³/mol. The summed E-state index contributed by atoms with van der Waals surface area (Å²) < 4.78 is 2.22. The zero-order valence-corrected chi connectivity index (χ0v) is 14.1. The molecule has 2 nitrogen and oxygen atoms in total. The molecule has 0 amide bonds. The summed E-state index contributed by atoms with van der Waals surface area (Å²) in [4.78, 5) is 4.64. The Labute approximate surface area is 135 Å². The highest BCUT2D eigenvalue weighted by Gasteiger charge is 2.12. The van der Waals surface area contributed by atoms with Gasteiger partial charge in [-0.1, -0.05) is 37.0 Å². The smallest absolute Gasteiger partial charge is 0.111 e. The molecule has 0 unspecified atom stereocenters. The second-order valence-corrected chi connectivity index (χ2v) is 6.60. The summed E-state index contributed by atoms with van der Waals surface area (Å²) in [6, 6.07) is 3.73. The molecule has 0 aliphatic rings. The third-order valence-electron chi connectivity index (χ3n) is 3.35. The monoisotopic (exact) mass is 332 g/mol. The molecule has 0 spiro atoms. The van der Waals surface area contributed by atoms with E-state index in [1.807, 2.05) is 12.1 Å². The lowest BCUT2D eigenvalue weighted by Gasteiger charge is -2.10. The Hall–Kier alpha value is -0.440. The van der Waals surface area contributed by atoms with Crippen LogP contribution in [-0.2, 0) is 13.0 Å². The minimum atomic E-state index is 0.545. The number of aryl methyl sites for hydroxylation is 2. The lowest BCUT2D eigenvalue weighted by molar-refractivity contribution is 0.510. The molecule has 0 saturated carbocycles. The standard InChI is InChI=1S/C15H19Cl3N2/c1-10(2)4-3-7-20-14-9-12(18)11(17)8-13(14)19-15(20)5-6-16/h8-10H,3-7H2,1-2H3. The average molecular weight is 334 g/mol. The molecule has 1 aromatic carbocycles. The maximum atomic E-state index is 6.13. The molecule has 1 aromatic heterocycles. The van der Waals surface area contributed by atoms with E-state index in [0.717, 1.165) is 36.2 Å². The van der Waals surface area contributed by atoms with E-state index in [1.165, 1.54) is 6.42 Å². The van der Waals surface area contributed by atoms with Crippen molar-refractivity contribution in [2.75, 3.05) is 5.88 Å². The molecular weight excluding hydrogens is 315 g/mol. The molecule has 1 heterocycles. The van der Waals surface area contributed by atoms with Gasteiger partial charge in [-0.25, -0.2) is 4.98 Å². The van der Waals surface area contributed by atoms with Gasteiger partial charge in [-0.15, -0.1) is 11.6 Å². The SMILES string of the molecule is CC(C)CCCn1c(CCCl)nc2cc(Cl)c(Cl)cc21. The number of hydrogen-bond acceptors (Lipinski definition) is 1. The highest BCUT2D eigenvalue weighted by molar-refractivity contribution is 6.42. The first-order valence-corrected chi connectivity index (χ1v) is 8.22. The molecule has 20 heavy (non-hydrogen) atoms. The van der Waals surface area contributed by atoms with Gasteiger partial charge in [0.25, 0.3) is 0 Å². The van der Waals surface area contributed by atoms with E-state index in [2.05, 4.69) is 23.4 Å². The zero-order valence-electron chi connectivity index (χ0n) is 11.8. The Balaban J connectivity index is 2.37. The predicted octanol–water partition coefficient (Wildman–Crippen LogP) is 5.56. The number of halogens is 3. The molecule has 2 rings (SSSR count). The number of nitrogens with zero attached hydrogens (tertiary/aromatic N) is 2. The summed E-state index contributed by atoms with van der Waals surface area (Å²) in [6.07, 6.45) is 3.08. The second kappa shape index (κ2) is 7.02. The highest BCUT2D eigenvalue weighted by atomic mass is 35.5. The van der Waals surface area contributed by atoms with Crippen molar-refractivity contribution in [2.45, 2.75) is 39.7 Å². The van der Waals surface area contributed by atoms with Crippen LogP contribution in [-0.4, -0.2) is 15.4 Å². The molecule has 0 fully saturated rings. The van der Waals surface area contributed by atoms with E-state index < -0.39 is 0 Å². The van der Waals surface area contributed by atoms with E-state index in [0.29, 0.717) is 21.8 Å². The van der Waals surface area contributed by atoms with Gasteiger partial charge >= 0.3 is 0 Å². The fourth-order valence-electron chi connectivity index (χ4n) is 2.35. The first kappa shape index (κ1) is 15.9. The van der Waals surface area contributed by atoms with Gasteiger partial charge in [0.15, 0.2) is 0 Å². The highest BCUT2D eigenvalue weighted by Crippen LogP contribution is 2.29. The van der Waals surface area contributed by atoms with Gasteiger partial charge in [0, 0.05) is 18.8 Å². The fraction of sp³-hybridized carbons (Fsp3) is 0.533. The van der Waals surface area contributed by atoms with E-state index in [9.17, 15) is 0 Å². The van der Waals surface area contributed by atoms with E-state index in [4.69, 9.17) is 34.8 Å². The van der Waals surface area contributed by atoms with Crippen LogP contribution in [0, 0.1) is 5.92 Å². The number of alkyl halides is 1. The average Bonchev–Trinajstić information content (AvgIpc) is 2.68. The van der Waals surface area contributed by atoms with Crippen molar-refractivity contribution < 1.29 is 0 Å². The minimum absolute atomic E-state index is 0.545. The van der Waals surface area contributed by atoms with Crippen LogP contribution < -0.4 is 0 Å². The van der Waals surface area contributed by atoms with Gasteiger partial charge in [-0.05, 0) is 30.9 Å². The maximum Gasteiger partial charge on any atom is 0.111 e. The Morgan fingerprint density at radius 1 is 1.20 bits per heavy atom. The lowest BCUT2D eigenvalue weighted by Crippen LogP contribution is -2.05. The van der Waals surface area contributed by atoms with E-state index in [-0.39, 0.29) is 0 Å². The number of rotatable bonds is 6. The molecule has 5 heteroatoms. The van der Waals surface area contributed by atoms with Gasteiger partial charge < -0.3 is 4.57 Å². The Bertz CT molecular complexity index is 590. The molecule has 0 atom stereocenters. The van der Waals surface area contributed by atoms with Gasteiger partial charge in [-0.2, -0.15) is 0 Å². The topological polar surface area (TPSA) is 17.8 Å². The second-order valence-electron chi connectivity index (χ2n) is 5.41. The molecule has 0 aliphatic heterocycles. The lowest BCUT2D eigenvalue weighted by atomic mass is 10.1. The van der Waals surface area contributed by atoms with Crippen LogP contribution in [0.4, 0.5) is 0 Å². The Morgan fingerprint density at radius 2 is 1.90 bits per heavy atom. The third-order valence-corrected chi connectivity index (χ3v) is 4.26. The van der Waals surface area contributed by atoms with Crippen LogP contribution in [0.25, 0.3) is 11.0 Å². The minimum Gasteiger partial charge on any atom is -0.328 e. The molecule has 0 N–H and O–H groups in total. The maximum absolute atomic E-state index is 6.13. The van der Waals surface area contributed by atoms with Crippen molar-refractivity contribution in [3.05, 3.63) is 28.0 Å². The van der Waals surface area contributed by atoms with Crippen LogP contribution in [0.5, 0.6) is 0 Å². The van der Waals surface area contributed by atoms with Crippen LogP contribution in [0.15, 0.2) is 12.1 Å². The van der Waals surface area contributed by atoms with E-state index in [1.54, 1.807) is 0 Å². The van der Waals surface area contributed by atoms with Crippen molar-refractivity contribution in [1.29, 1.82) is 0 Å². The van der Waals surface area contributed by atoms with Gasteiger partial charge in [0.1, 0.15) is 5.82 Å². The quantitative estimate of drug-likeness (QED) is 0.633. The molecule has 0 bridgehead atoms. The van der Waals surface area contributed by atoms with Crippen LogP contribution in [0.3, 0.4) is 0 Å². The number of hydrogen-bond donors (Lipinski definition) is 0. The largest absolute Gasteiger partial charge is 0.328 e. The zero-order chi connectivity index (χ0) is 14.7. The summed E-state index contributed by atoms with van der Waals surface area (Å²) in [7, 11) is 0. The van der Waals surface area contributed by atoms with Crippen LogP contribution in [0.1, 0.15) is 32.5 Å². The van der Waals surface area contributed by atoms with Gasteiger partial charge in [0.2, 0.25) is 0 Å².